The number of aromatic nitrogens is 3. The number of benzene rings is 3. The first kappa shape index (κ1) is 19.9. The quantitative estimate of drug-likeness (QED) is 0.227. The Hall–Kier alpha value is -3.49. The SMILES string of the molecule is [2H]c1cnc(-n2c3[c-]c(C(C)(C)c4ccc5cccc(O)c5n4)ccc3c3ccccc32)cc1[2H].[Pt]. The topological polar surface area (TPSA) is 50.9 Å². The van der Waals surface area contributed by atoms with Gasteiger partial charge in [0, 0.05) is 49.3 Å². The number of phenols is 1. The van der Waals surface area contributed by atoms with Gasteiger partial charge in [-0.25, -0.2) is 9.97 Å². The molecule has 0 saturated heterocycles. The second-order valence-electron chi connectivity index (χ2n) is 8.71. The molecule has 0 aliphatic carbocycles. The maximum atomic E-state index is 10.3. The molecule has 0 bridgehead atoms. The van der Waals surface area contributed by atoms with E-state index in [4.69, 9.17) is 7.73 Å². The van der Waals surface area contributed by atoms with Crippen molar-refractivity contribution in [3.63, 3.8) is 0 Å². The summed E-state index contributed by atoms with van der Waals surface area (Å²) < 4.78 is 18.0. The number of hydrogen-bond acceptors (Lipinski definition) is 3. The van der Waals surface area contributed by atoms with Crippen molar-refractivity contribution in [2.75, 3.05) is 0 Å². The summed E-state index contributed by atoms with van der Waals surface area (Å²) in [5, 5.41) is 13.3. The van der Waals surface area contributed by atoms with Crippen molar-refractivity contribution in [3.8, 4) is 11.6 Å². The Morgan fingerprint density at radius 1 is 0.912 bits per heavy atom. The van der Waals surface area contributed by atoms with Crippen LogP contribution in [-0.2, 0) is 26.5 Å². The van der Waals surface area contributed by atoms with E-state index in [1.54, 1.807) is 12.1 Å². The number of para-hydroxylation sites is 2. The Kier molecular flexibility index (Phi) is 4.91. The molecule has 0 atom stereocenters. The normalized spacial score (nSPS) is 12.5. The number of pyridine rings is 2. The third kappa shape index (κ3) is 3.41. The Labute approximate surface area is 215 Å². The number of rotatable bonds is 3. The van der Waals surface area contributed by atoms with E-state index in [-0.39, 0.29) is 38.9 Å². The summed E-state index contributed by atoms with van der Waals surface area (Å²) in [6.45, 7) is 4.20. The van der Waals surface area contributed by atoms with Crippen LogP contribution < -0.4 is 0 Å². The third-order valence-corrected chi connectivity index (χ3v) is 6.37. The van der Waals surface area contributed by atoms with Gasteiger partial charge in [0.1, 0.15) is 17.1 Å². The Morgan fingerprint density at radius 2 is 1.76 bits per heavy atom. The summed E-state index contributed by atoms with van der Waals surface area (Å²) in [6, 6.07) is 27.1. The van der Waals surface area contributed by atoms with Gasteiger partial charge in [-0.1, -0.05) is 61.8 Å². The van der Waals surface area contributed by atoms with Crippen molar-refractivity contribution < 1.29 is 28.9 Å². The summed E-state index contributed by atoms with van der Waals surface area (Å²) in [5.74, 6) is 0.743. The van der Waals surface area contributed by atoms with Crippen LogP contribution in [0.2, 0.25) is 0 Å². The van der Waals surface area contributed by atoms with E-state index in [0.717, 1.165) is 38.4 Å². The number of hydrogen-bond donors (Lipinski definition) is 1. The zero-order valence-electron chi connectivity index (χ0n) is 20.6. The van der Waals surface area contributed by atoms with E-state index in [1.807, 2.05) is 47.0 Å². The van der Waals surface area contributed by atoms with Crippen LogP contribution in [0.25, 0.3) is 38.5 Å². The monoisotopic (exact) mass is 625 g/mol. The van der Waals surface area contributed by atoms with Crippen LogP contribution in [0.4, 0.5) is 0 Å². The molecule has 3 aromatic carbocycles. The summed E-state index contributed by atoms with van der Waals surface area (Å²) in [5.41, 5.74) is 3.67. The van der Waals surface area contributed by atoms with E-state index < -0.39 is 5.41 Å². The van der Waals surface area contributed by atoms with E-state index in [9.17, 15) is 5.11 Å². The predicted molar refractivity (Wildman–Crippen MR) is 133 cm³/mol. The van der Waals surface area contributed by atoms with Crippen molar-refractivity contribution in [1.29, 1.82) is 0 Å². The predicted octanol–water partition coefficient (Wildman–Crippen LogP) is 6.56. The van der Waals surface area contributed by atoms with Gasteiger partial charge in [-0.3, -0.25) is 0 Å². The minimum absolute atomic E-state index is 0. The Morgan fingerprint density at radius 3 is 2.62 bits per heavy atom. The van der Waals surface area contributed by atoms with Gasteiger partial charge in [0.15, 0.2) is 0 Å². The van der Waals surface area contributed by atoms with Gasteiger partial charge >= 0.3 is 0 Å². The fraction of sp³-hybridized carbons (Fsp3) is 0.103. The first-order valence-electron chi connectivity index (χ1n) is 11.8. The second-order valence-corrected chi connectivity index (χ2v) is 8.71. The molecule has 0 amide bonds. The fourth-order valence-electron chi connectivity index (χ4n) is 4.51. The molecule has 0 aliphatic heterocycles. The number of fused-ring (bicyclic) bond motifs is 4. The van der Waals surface area contributed by atoms with Gasteiger partial charge in [-0.15, -0.1) is 10.9 Å². The van der Waals surface area contributed by atoms with E-state index in [1.165, 1.54) is 6.20 Å². The van der Waals surface area contributed by atoms with Crippen molar-refractivity contribution in [2.45, 2.75) is 19.3 Å². The van der Waals surface area contributed by atoms with Crippen molar-refractivity contribution in [3.05, 3.63) is 108 Å². The number of phenolic OH excluding ortho intramolecular Hbond substituents is 1. The molecule has 0 radical (unpaired) electrons. The number of nitrogens with zero attached hydrogens (tertiary/aromatic N) is 3. The van der Waals surface area contributed by atoms with Crippen LogP contribution in [0.15, 0.2) is 91.1 Å². The van der Waals surface area contributed by atoms with Crippen LogP contribution in [0, 0.1) is 6.07 Å². The molecule has 6 rings (SSSR count). The maximum absolute atomic E-state index is 10.3. The average molecular weight is 626 g/mol. The van der Waals surface area contributed by atoms with Gasteiger partial charge in [0.05, 0.1) is 2.74 Å². The molecule has 34 heavy (non-hydrogen) atoms. The summed E-state index contributed by atoms with van der Waals surface area (Å²) in [4.78, 5) is 9.28. The summed E-state index contributed by atoms with van der Waals surface area (Å²) in [7, 11) is 0. The molecular weight excluding hydrogens is 601 g/mol. The van der Waals surface area contributed by atoms with E-state index in [0.29, 0.717) is 11.3 Å². The van der Waals surface area contributed by atoms with Gasteiger partial charge < -0.3 is 9.67 Å². The fourth-order valence-corrected chi connectivity index (χ4v) is 4.51. The molecule has 5 heteroatoms. The minimum atomic E-state index is -0.495. The zero-order valence-corrected chi connectivity index (χ0v) is 20.9. The van der Waals surface area contributed by atoms with Gasteiger partial charge in [0.25, 0.3) is 0 Å². The second kappa shape index (κ2) is 8.38. The van der Waals surface area contributed by atoms with E-state index >= 15 is 0 Å². The molecule has 4 nitrogen and oxygen atoms in total. The minimum Gasteiger partial charge on any atom is -0.506 e. The molecule has 0 unspecified atom stereocenters. The van der Waals surface area contributed by atoms with Gasteiger partial charge in [0.2, 0.25) is 0 Å². The summed E-state index contributed by atoms with van der Waals surface area (Å²) >= 11 is 0. The molecule has 0 spiro atoms. The molecule has 3 aromatic heterocycles. The Balaban J connectivity index is 0.00000267. The van der Waals surface area contributed by atoms with Crippen LogP contribution in [0.1, 0.15) is 27.8 Å². The number of aromatic hydroxyl groups is 1. The van der Waals surface area contributed by atoms with Crippen LogP contribution in [-0.4, -0.2) is 19.6 Å². The molecule has 1 N–H and O–H groups in total. The van der Waals surface area contributed by atoms with Crippen LogP contribution in [0.3, 0.4) is 0 Å². The molecule has 6 aromatic rings. The molecule has 0 aliphatic rings. The van der Waals surface area contributed by atoms with Crippen LogP contribution in [0.5, 0.6) is 5.75 Å². The van der Waals surface area contributed by atoms with Crippen LogP contribution >= 0.6 is 0 Å². The first-order chi connectivity index (χ1) is 16.8. The molecule has 170 valence electrons. The largest absolute Gasteiger partial charge is 0.506 e. The van der Waals surface area contributed by atoms with Gasteiger partial charge in [-0.2, -0.15) is 18.2 Å². The van der Waals surface area contributed by atoms with Gasteiger partial charge in [-0.05, 0) is 35.7 Å². The zero-order chi connectivity index (χ0) is 24.3. The summed E-state index contributed by atoms with van der Waals surface area (Å²) in [6.07, 6.45) is 1.41. The molecular formula is C29H22N3OPt-. The van der Waals surface area contributed by atoms with E-state index in [2.05, 4.69) is 43.1 Å². The molecule has 0 fully saturated rings. The average Bonchev–Trinajstić information content (AvgIpc) is 3.19. The molecule has 3 heterocycles. The van der Waals surface area contributed by atoms with Crippen molar-refractivity contribution in [1.82, 2.24) is 14.5 Å². The van der Waals surface area contributed by atoms with Crippen molar-refractivity contribution in [2.24, 2.45) is 0 Å². The third-order valence-electron chi connectivity index (χ3n) is 6.37. The maximum Gasteiger partial charge on any atom is 0.141 e. The molecule has 0 saturated carbocycles. The Bertz CT molecular complexity index is 1780. The first-order valence-corrected chi connectivity index (χ1v) is 10.8. The van der Waals surface area contributed by atoms with Crippen molar-refractivity contribution >= 4 is 32.7 Å². The standard InChI is InChI=1S/C29H22N3O.Pt/c1-29(2,26-16-13-19-8-7-11-25(33)28(19)31-26)20-14-15-22-21-9-3-4-10-23(21)32(24(22)18-20)27-12-5-6-17-30-27;/h3-17,33H,1-2H3;/q-1;/i5D,6D;. The smallest absolute Gasteiger partial charge is 0.141 e.